The minimum Gasteiger partial charge on any atom is -0.380 e. The highest BCUT2D eigenvalue weighted by molar-refractivity contribution is 6.33. The van der Waals surface area contributed by atoms with E-state index in [1.807, 2.05) is 30.3 Å². The summed E-state index contributed by atoms with van der Waals surface area (Å²) in [6.07, 6.45) is 3.20. The molecule has 1 aromatic carbocycles. The molecule has 0 aliphatic heterocycles. The van der Waals surface area contributed by atoms with Gasteiger partial charge in [0.25, 0.3) is 0 Å². The van der Waals surface area contributed by atoms with Crippen LogP contribution in [0.4, 0.5) is 0 Å². The second-order valence-corrected chi connectivity index (χ2v) is 3.87. The lowest BCUT2D eigenvalue weighted by atomic mass is 10.2. The van der Waals surface area contributed by atoms with Gasteiger partial charge in [-0.25, -0.2) is 0 Å². The molecule has 1 aromatic heterocycles. The van der Waals surface area contributed by atoms with E-state index in [1.54, 1.807) is 24.5 Å². The third-order valence-corrected chi connectivity index (χ3v) is 2.54. The molecule has 0 spiro atoms. The lowest BCUT2D eigenvalue weighted by molar-refractivity contribution is 1.20. The Kier molecular flexibility index (Phi) is 4.04. The lowest BCUT2D eigenvalue weighted by Gasteiger charge is -1.96. The Balaban J connectivity index is 2.14. The zero-order valence-corrected chi connectivity index (χ0v) is 10.2. The summed E-state index contributed by atoms with van der Waals surface area (Å²) in [4.78, 5) is 4.07. The van der Waals surface area contributed by atoms with Crippen LogP contribution in [0.3, 0.4) is 0 Å². The van der Waals surface area contributed by atoms with Crippen LogP contribution in [0.5, 0.6) is 0 Å². The van der Waals surface area contributed by atoms with Gasteiger partial charge in [-0.1, -0.05) is 35.9 Å². The molecule has 0 fully saturated rings. The van der Waals surface area contributed by atoms with Gasteiger partial charge in [-0.05, 0) is 18.2 Å². The Morgan fingerprint density at radius 2 is 1.94 bits per heavy atom. The first-order valence-electron chi connectivity index (χ1n) is 5.30. The molecule has 0 bridgehead atoms. The van der Waals surface area contributed by atoms with Crippen molar-refractivity contribution in [3.63, 3.8) is 0 Å². The van der Waals surface area contributed by atoms with Gasteiger partial charge in [-0.15, -0.1) is 5.10 Å². The fourth-order valence-electron chi connectivity index (χ4n) is 1.30. The monoisotopic (exact) mass is 258 g/mol. The molecule has 5 heteroatoms. The highest BCUT2D eigenvalue weighted by Gasteiger charge is 1.97. The molecule has 0 aliphatic carbocycles. The molecular weight excluding hydrogens is 248 g/mol. The Labute approximate surface area is 110 Å². The average Bonchev–Trinajstić information content (AvgIpc) is 2.42. The normalized spacial score (nSPS) is 11.9. The van der Waals surface area contributed by atoms with Crippen LogP contribution in [-0.2, 0) is 0 Å². The van der Waals surface area contributed by atoms with Gasteiger partial charge in [-0.3, -0.25) is 4.98 Å². The van der Waals surface area contributed by atoms with Crippen molar-refractivity contribution in [1.29, 1.82) is 0 Å². The number of hydrogen-bond acceptors (Lipinski definition) is 3. The standard InChI is InChI=1S/C13H11ClN4/c14-11-6-2-1-5-10(11)9-17-18-13(15)12-7-3-4-8-16-12/h1-9H,(H2,15,18). The van der Waals surface area contributed by atoms with E-state index in [-0.39, 0.29) is 5.84 Å². The number of aromatic nitrogens is 1. The SMILES string of the molecule is NC(=NN=Cc1ccccc1Cl)c1ccccn1. The number of amidine groups is 1. The van der Waals surface area contributed by atoms with Gasteiger partial charge in [0.05, 0.1) is 6.21 Å². The Morgan fingerprint density at radius 1 is 1.17 bits per heavy atom. The number of pyridine rings is 1. The van der Waals surface area contributed by atoms with Crippen LogP contribution < -0.4 is 5.73 Å². The maximum Gasteiger partial charge on any atom is 0.171 e. The second kappa shape index (κ2) is 5.93. The minimum atomic E-state index is 0.263. The smallest absolute Gasteiger partial charge is 0.171 e. The summed E-state index contributed by atoms with van der Waals surface area (Å²) in [5.74, 6) is 0.263. The maximum atomic E-state index is 5.97. The molecule has 2 N–H and O–H groups in total. The van der Waals surface area contributed by atoms with Crippen LogP contribution in [0.1, 0.15) is 11.3 Å². The highest BCUT2D eigenvalue weighted by atomic mass is 35.5. The van der Waals surface area contributed by atoms with Gasteiger partial charge >= 0.3 is 0 Å². The van der Waals surface area contributed by atoms with Crippen LogP contribution in [0.15, 0.2) is 58.9 Å². The quantitative estimate of drug-likeness (QED) is 0.522. The molecule has 0 saturated heterocycles. The van der Waals surface area contributed by atoms with Crippen LogP contribution in [0.25, 0.3) is 0 Å². The molecule has 0 unspecified atom stereocenters. The predicted octanol–water partition coefficient (Wildman–Crippen LogP) is 2.47. The molecular formula is C13H11ClN4. The van der Waals surface area contributed by atoms with E-state index in [0.717, 1.165) is 5.56 Å². The fraction of sp³-hybridized carbons (Fsp3) is 0. The fourth-order valence-corrected chi connectivity index (χ4v) is 1.48. The molecule has 0 saturated carbocycles. The van der Waals surface area contributed by atoms with Crippen molar-refractivity contribution < 1.29 is 0 Å². The summed E-state index contributed by atoms with van der Waals surface area (Å²) >= 11 is 5.97. The van der Waals surface area contributed by atoms with E-state index in [4.69, 9.17) is 17.3 Å². The molecule has 0 amide bonds. The summed E-state index contributed by atoms with van der Waals surface area (Å²) in [6, 6.07) is 12.8. The number of hydrogen-bond donors (Lipinski definition) is 1. The first-order valence-corrected chi connectivity index (χ1v) is 5.67. The molecule has 18 heavy (non-hydrogen) atoms. The molecule has 0 radical (unpaired) electrons. The molecule has 90 valence electrons. The van der Waals surface area contributed by atoms with Crippen LogP contribution >= 0.6 is 11.6 Å². The Morgan fingerprint density at radius 3 is 2.67 bits per heavy atom. The number of nitrogens with two attached hydrogens (primary N) is 1. The topological polar surface area (TPSA) is 63.6 Å². The van der Waals surface area contributed by atoms with Crippen molar-refractivity contribution in [1.82, 2.24) is 4.98 Å². The predicted molar refractivity (Wildman–Crippen MR) is 74.0 cm³/mol. The molecule has 4 nitrogen and oxygen atoms in total. The maximum absolute atomic E-state index is 5.97. The van der Waals surface area contributed by atoms with Crippen LogP contribution in [0.2, 0.25) is 5.02 Å². The van der Waals surface area contributed by atoms with Crippen molar-refractivity contribution in [3.05, 3.63) is 64.9 Å². The zero-order valence-electron chi connectivity index (χ0n) is 9.49. The number of rotatable bonds is 3. The summed E-state index contributed by atoms with van der Waals surface area (Å²) in [5.41, 5.74) is 7.12. The van der Waals surface area contributed by atoms with Gasteiger partial charge in [0.2, 0.25) is 0 Å². The summed E-state index contributed by atoms with van der Waals surface area (Å²) in [6.45, 7) is 0. The molecule has 0 aliphatic rings. The largest absolute Gasteiger partial charge is 0.380 e. The van der Waals surface area contributed by atoms with Crippen molar-refractivity contribution in [3.8, 4) is 0 Å². The third kappa shape index (κ3) is 3.15. The zero-order chi connectivity index (χ0) is 12.8. The van der Waals surface area contributed by atoms with Gasteiger partial charge in [0, 0.05) is 16.8 Å². The first-order chi connectivity index (χ1) is 8.77. The van der Waals surface area contributed by atoms with E-state index in [2.05, 4.69) is 15.2 Å². The molecule has 2 aromatic rings. The minimum absolute atomic E-state index is 0.263. The second-order valence-electron chi connectivity index (χ2n) is 3.47. The van der Waals surface area contributed by atoms with Crippen molar-refractivity contribution in [2.24, 2.45) is 15.9 Å². The Bertz CT molecular complexity index is 579. The molecule has 0 atom stereocenters. The summed E-state index contributed by atoms with van der Waals surface area (Å²) in [5, 5.41) is 8.38. The number of benzene rings is 1. The lowest BCUT2D eigenvalue weighted by Crippen LogP contribution is -2.14. The number of nitrogens with zero attached hydrogens (tertiary/aromatic N) is 3. The third-order valence-electron chi connectivity index (χ3n) is 2.19. The van der Waals surface area contributed by atoms with E-state index in [0.29, 0.717) is 10.7 Å². The number of halogens is 1. The van der Waals surface area contributed by atoms with Crippen LogP contribution in [0, 0.1) is 0 Å². The van der Waals surface area contributed by atoms with Gasteiger partial charge < -0.3 is 5.73 Å². The van der Waals surface area contributed by atoms with Gasteiger partial charge in [0.15, 0.2) is 5.84 Å². The molecule has 1 heterocycles. The van der Waals surface area contributed by atoms with Crippen molar-refractivity contribution >= 4 is 23.7 Å². The van der Waals surface area contributed by atoms with Crippen LogP contribution in [-0.4, -0.2) is 17.0 Å². The molecule has 2 rings (SSSR count). The van der Waals surface area contributed by atoms with E-state index < -0.39 is 0 Å². The first kappa shape index (κ1) is 12.3. The average molecular weight is 259 g/mol. The van der Waals surface area contributed by atoms with E-state index in [1.165, 1.54) is 0 Å². The van der Waals surface area contributed by atoms with Gasteiger partial charge in [-0.2, -0.15) is 5.10 Å². The van der Waals surface area contributed by atoms with E-state index >= 15 is 0 Å². The van der Waals surface area contributed by atoms with Crippen molar-refractivity contribution in [2.45, 2.75) is 0 Å². The Hall–Kier alpha value is -2.20. The highest BCUT2D eigenvalue weighted by Crippen LogP contribution is 2.12. The van der Waals surface area contributed by atoms with Gasteiger partial charge in [0.1, 0.15) is 5.69 Å². The summed E-state index contributed by atoms with van der Waals surface area (Å²) in [7, 11) is 0. The summed E-state index contributed by atoms with van der Waals surface area (Å²) < 4.78 is 0. The van der Waals surface area contributed by atoms with E-state index in [9.17, 15) is 0 Å². The van der Waals surface area contributed by atoms with Crippen molar-refractivity contribution in [2.75, 3.05) is 0 Å².